The number of sulfonamides is 1. The molecule has 0 aliphatic rings. The highest BCUT2D eigenvalue weighted by Crippen LogP contribution is 2.19. The number of hydrogen-bond donors (Lipinski definition) is 1. The molecule has 72 valence electrons. The zero-order chi connectivity index (χ0) is 9.99. The van der Waals surface area contributed by atoms with Crippen molar-refractivity contribution in [3.8, 4) is 0 Å². The van der Waals surface area contributed by atoms with E-state index < -0.39 is 21.3 Å². The van der Waals surface area contributed by atoms with E-state index in [1.54, 1.807) is 13.8 Å². The van der Waals surface area contributed by atoms with Crippen LogP contribution >= 0.6 is 0 Å². The van der Waals surface area contributed by atoms with Crippen LogP contribution in [-0.2, 0) is 14.8 Å². The molecule has 0 saturated heterocycles. The van der Waals surface area contributed by atoms with Crippen molar-refractivity contribution in [3.63, 3.8) is 0 Å². The summed E-state index contributed by atoms with van der Waals surface area (Å²) >= 11 is 0. The van der Waals surface area contributed by atoms with Gasteiger partial charge in [0.05, 0.1) is 6.26 Å². The maximum atomic E-state index is 11.2. The van der Waals surface area contributed by atoms with Crippen LogP contribution in [0.5, 0.6) is 0 Å². The maximum Gasteiger partial charge on any atom is 0.239 e. The van der Waals surface area contributed by atoms with Crippen molar-refractivity contribution in [1.29, 1.82) is 0 Å². The van der Waals surface area contributed by atoms with Crippen LogP contribution in [0.2, 0.25) is 0 Å². The van der Waals surface area contributed by atoms with Gasteiger partial charge < -0.3 is 0 Å². The monoisotopic (exact) mass is 193 g/mol. The second kappa shape index (κ2) is 3.43. The van der Waals surface area contributed by atoms with Gasteiger partial charge in [-0.1, -0.05) is 20.8 Å². The van der Waals surface area contributed by atoms with Gasteiger partial charge in [0.2, 0.25) is 15.9 Å². The molecule has 0 aliphatic carbocycles. The lowest BCUT2D eigenvalue weighted by Gasteiger charge is -2.20. The first-order chi connectivity index (χ1) is 5.19. The molecule has 1 N–H and O–H groups in total. The fourth-order valence-corrected chi connectivity index (χ4v) is 1.08. The van der Waals surface area contributed by atoms with Gasteiger partial charge in [-0.25, -0.2) is 8.42 Å². The molecule has 12 heavy (non-hydrogen) atoms. The standard InChI is InChI=1S/C7H15NO3S/c1-5-7(2,3)6(9)8-12(4,10)11/h5H2,1-4H3,(H,8,9). The molecule has 4 nitrogen and oxygen atoms in total. The lowest BCUT2D eigenvalue weighted by molar-refractivity contribution is -0.127. The highest BCUT2D eigenvalue weighted by Gasteiger charge is 2.27. The van der Waals surface area contributed by atoms with Crippen LogP contribution in [0.4, 0.5) is 0 Å². The number of carbonyl (C=O) groups is 1. The molecule has 0 saturated carbocycles. The Balaban J connectivity index is 4.44. The largest absolute Gasteiger partial charge is 0.273 e. The van der Waals surface area contributed by atoms with E-state index in [4.69, 9.17) is 0 Å². The number of nitrogens with one attached hydrogen (secondary N) is 1. The SMILES string of the molecule is CCC(C)(C)C(=O)NS(C)(=O)=O. The number of rotatable bonds is 3. The topological polar surface area (TPSA) is 63.2 Å². The van der Waals surface area contributed by atoms with Gasteiger partial charge >= 0.3 is 0 Å². The van der Waals surface area contributed by atoms with Gasteiger partial charge in [-0.05, 0) is 6.42 Å². The van der Waals surface area contributed by atoms with E-state index in [9.17, 15) is 13.2 Å². The fourth-order valence-electron chi connectivity index (χ4n) is 0.467. The Morgan fingerprint density at radius 1 is 1.42 bits per heavy atom. The van der Waals surface area contributed by atoms with Gasteiger partial charge in [0, 0.05) is 5.41 Å². The quantitative estimate of drug-likeness (QED) is 0.710. The van der Waals surface area contributed by atoms with Gasteiger partial charge in [-0.3, -0.25) is 9.52 Å². The minimum absolute atomic E-state index is 0.451. The molecule has 0 bridgehead atoms. The summed E-state index contributed by atoms with van der Waals surface area (Å²) in [5.41, 5.74) is -0.622. The van der Waals surface area contributed by atoms with Gasteiger partial charge in [-0.2, -0.15) is 0 Å². The predicted molar refractivity (Wildman–Crippen MR) is 47.1 cm³/mol. The van der Waals surface area contributed by atoms with E-state index in [1.807, 2.05) is 11.6 Å². The Kier molecular flexibility index (Phi) is 3.26. The van der Waals surface area contributed by atoms with Gasteiger partial charge in [0.25, 0.3) is 0 Å². The first-order valence-corrected chi connectivity index (χ1v) is 5.60. The summed E-state index contributed by atoms with van der Waals surface area (Å²) in [4.78, 5) is 11.2. The molecule has 0 aromatic rings. The van der Waals surface area contributed by atoms with E-state index in [1.165, 1.54) is 0 Å². The third-order valence-corrected chi connectivity index (χ3v) is 2.33. The fraction of sp³-hybridized carbons (Fsp3) is 0.857. The molecule has 0 rings (SSSR count). The number of hydrogen-bond acceptors (Lipinski definition) is 3. The van der Waals surface area contributed by atoms with Crippen molar-refractivity contribution in [2.75, 3.05) is 6.26 Å². The molecule has 0 heterocycles. The predicted octanol–water partition coefficient (Wildman–Crippen LogP) is 0.498. The van der Waals surface area contributed by atoms with Crippen LogP contribution in [0.3, 0.4) is 0 Å². The zero-order valence-electron chi connectivity index (χ0n) is 7.84. The normalized spacial score (nSPS) is 12.7. The summed E-state index contributed by atoms with van der Waals surface area (Å²) in [7, 11) is -3.42. The third kappa shape index (κ3) is 3.71. The highest BCUT2D eigenvalue weighted by molar-refractivity contribution is 7.89. The summed E-state index contributed by atoms with van der Waals surface area (Å²) < 4.78 is 23.3. The smallest absolute Gasteiger partial charge is 0.239 e. The number of carbonyl (C=O) groups excluding carboxylic acids is 1. The summed E-state index contributed by atoms with van der Waals surface area (Å²) in [6.07, 6.45) is 1.57. The average Bonchev–Trinajstić information content (AvgIpc) is 1.84. The Morgan fingerprint density at radius 3 is 2.08 bits per heavy atom. The Bertz CT molecular complexity index is 266. The molecule has 1 amide bonds. The lowest BCUT2D eigenvalue weighted by atomic mass is 9.90. The molecule has 5 heteroatoms. The maximum absolute atomic E-state index is 11.2. The van der Waals surface area contributed by atoms with Crippen molar-refractivity contribution in [2.45, 2.75) is 27.2 Å². The first-order valence-electron chi connectivity index (χ1n) is 3.71. The first kappa shape index (κ1) is 11.4. The van der Waals surface area contributed by atoms with Gasteiger partial charge in [-0.15, -0.1) is 0 Å². The third-order valence-electron chi connectivity index (χ3n) is 1.78. The van der Waals surface area contributed by atoms with E-state index in [0.717, 1.165) is 6.26 Å². The van der Waals surface area contributed by atoms with Crippen LogP contribution in [0, 0.1) is 5.41 Å². The Morgan fingerprint density at radius 2 is 1.83 bits per heavy atom. The van der Waals surface area contributed by atoms with Crippen LogP contribution in [0.25, 0.3) is 0 Å². The molecule has 0 unspecified atom stereocenters. The summed E-state index contributed by atoms with van der Waals surface area (Å²) in [5.74, 6) is -0.451. The van der Waals surface area contributed by atoms with E-state index in [2.05, 4.69) is 0 Å². The van der Waals surface area contributed by atoms with E-state index in [0.29, 0.717) is 6.42 Å². The van der Waals surface area contributed by atoms with Crippen LogP contribution < -0.4 is 4.72 Å². The second-order valence-corrected chi connectivity index (χ2v) is 5.19. The molecular formula is C7H15NO3S. The summed E-state index contributed by atoms with van der Waals surface area (Å²) in [6, 6.07) is 0. The zero-order valence-corrected chi connectivity index (χ0v) is 8.66. The minimum Gasteiger partial charge on any atom is -0.273 e. The van der Waals surface area contributed by atoms with Crippen LogP contribution in [0.1, 0.15) is 27.2 Å². The number of amides is 1. The van der Waals surface area contributed by atoms with E-state index >= 15 is 0 Å². The van der Waals surface area contributed by atoms with E-state index in [-0.39, 0.29) is 0 Å². The van der Waals surface area contributed by atoms with Gasteiger partial charge in [0.15, 0.2) is 0 Å². The van der Waals surface area contributed by atoms with Crippen molar-refractivity contribution in [3.05, 3.63) is 0 Å². The van der Waals surface area contributed by atoms with Crippen molar-refractivity contribution < 1.29 is 13.2 Å². The molecule has 0 radical (unpaired) electrons. The lowest BCUT2D eigenvalue weighted by Crippen LogP contribution is -2.39. The van der Waals surface area contributed by atoms with Gasteiger partial charge in [0.1, 0.15) is 0 Å². The highest BCUT2D eigenvalue weighted by atomic mass is 32.2. The van der Waals surface area contributed by atoms with Crippen LogP contribution in [0.15, 0.2) is 0 Å². The summed E-state index contributed by atoms with van der Waals surface area (Å²) in [6.45, 7) is 5.24. The molecule has 0 aromatic heterocycles. The summed E-state index contributed by atoms with van der Waals surface area (Å²) in [5, 5.41) is 0. The second-order valence-electron chi connectivity index (χ2n) is 3.44. The average molecular weight is 193 g/mol. The Labute approximate surface area is 73.4 Å². The minimum atomic E-state index is -3.42. The molecule has 0 aliphatic heterocycles. The van der Waals surface area contributed by atoms with Crippen molar-refractivity contribution in [2.24, 2.45) is 5.41 Å². The molecule has 0 fully saturated rings. The van der Waals surface area contributed by atoms with Crippen molar-refractivity contribution in [1.82, 2.24) is 4.72 Å². The molecule has 0 spiro atoms. The molecular weight excluding hydrogens is 178 g/mol. The molecule has 0 atom stereocenters. The molecule has 0 aromatic carbocycles. The Hall–Kier alpha value is -0.580. The van der Waals surface area contributed by atoms with Crippen LogP contribution in [-0.4, -0.2) is 20.6 Å². The van der Waals surface area contributed by atoms with Crippen molar-refractivity contribution >= 4 is 15.9 Å².